The number of nitrogens with two attached hydrogens (primary N) is 2. The van der Waals surface area contributed by atoms with Crippen LogP contribution in [0.2, 0.25) is 0 Å². The van der Waals surface area contributed by atoms with Gasteiger partial charge in [0.1, 0.15) is 5.82 Å². The van der Waals surface area contributed by atoms with Crippen LogP contribution in [0, 0.1) is 0 Å². The lowest BCUT2D eigenvalue weighted by Gasteiger charge is -2.07. The third-order valence-electron chi connectivity index (χ3n) is 2.13. The van der Waals surface area contributed by atoms with E-state index in [4.69, 9.17) is 11.5 Å². The number of nitrogens with one attached hydrogen (secondary N) is 1. The van der Waals surface area contributed by atoms with Crippen LogP contribution in [0.1, 0.15) is 10.4 Å². The highest BCUT2D eigenvalue weighted by molar-refractivity contribution is 5.98. The number of aromatic nitrogens is 3. The highest BCUT2D eigenvalue weighted by Gasteiger charge is 2.11. The summed E-state index contributed by atoms with van der Waals surface area (Å²) in [6.07, 6.45) is 3.21. The second kappa shape index (κ2) is 4.12. The molecular weight excluding hydrogens is 220 g/mol. The summed E-state index contributed by atoms with van der Waals surface area (Å²) in [6.45, 7) is 0. The Balaban J connectivity index is 2.35. The van der Waals surface area contributed by atoms with Crippen molar-refractivity contribution in [2.75, 3.05) is 11.1 Å². The Morgan fingerprint density at radius 2 is 2.29 bits per heavy atom. The number of aryl methyl sites for hydroxylation is 1. The molecule has 88 valence electrons. The van der Waals surface area contributed by atoms with Gasteiger partial charge in [0, 0.05) is 19.3 Å². The fourth-order valence-corrected chi connectivity index (χ4v) is 1.37. The van der Waals surface area contributed by atoms with Crippen molar-refractivity contribution in [2.45, 2.75) is 0 Å². The summed E-state index contributed by atoms with van der Waals surface area (Å²) >= 11 is 0. The molecule has 0 bridgehead atoms. The molecule has 7 nitrogen and oxygen atoms in total. The molecule has 0 fully saturated rings. The highest BCUT2D eigenvalue weighted by atomic mass is 16.1. The van der Waals surface area contributed by atoms with E-state index < -0.39 is 5.91 Å². The predicted octanol–water partition coefficient (Wildman–Crippen LogP) is 0.240. The Bertz CT molecular complexity index is 562. The van der Waals surface area contributed by atoms with Gasteiger partial charge in [-0.1, -0.05) is 0 Å². The topological polar surface area (TPSA) is 112 Å². The zero-order valence-electron chi connectivity index (χ0n) is 9.21. The standard InChI is InChI=1S/C10H12N6O/c1-16-3-2-8(15-16)14-10-7(9(12)17)4-6(11)5-13-10/h2-5H,11H2,1H3,(H2,12,17)(H,13,14,15). The van der Waals surface area contributed by atoms with E-state index in [9.17, 15) is 4.79 Å². The minimum atomic E-state index is -0.594. The summed E-state index contributed by atoms with van der Waals surface area (Å²) in [6, 6.07) is 3.23. The number of carbonyl (C=O) groups is 1. The van der Waals surface area contributed by atoms with E-state index in [0.29, 0.717) is 17.3 Å². The molecule has 0 aliphatic heterocycles. The summed E-state index contributed by atoms with van der Waals surface area (Å²) in [7, 11) is 1.79. The summed E-state index contributed by atoms with van der Waals surface area (Å²) in [5.74, 6) is 0.320. The van der Waals surface area contributed by atoms with E-state index in [2.05, 4.69) is 15.4 Å². The molecule has 7 heteroatoms. The molecule has 0 atom stereocenters. The number of nitrogen functional groups attached to an aromatic ring is 1. The maximum Gasteiger partial charge on any atom is 0.252 e. The van der Waals surface area contributed by atoms with Gasteiger partial charge in [-0.3, -0.25) is 9.48 Å². The van der Waals surface area contributed by atoms with Crippen molar-refractivity contribution in [1.29, 1.82) is 0 Å². The first-order valence-electron chi connectivity index (χ1n) is 4.88. The molecule has 2 aromatic rings. The SMILES string of the molecule is Cn1ccc(Nc2ncc(N)cc2C(N)=O)n1. The average Bonchev–Trinajstić information content (AvgIpc) is 2.66. The molecule has 2 aromatic heterocycles. The van der Waals surface area contributed by atoms with Crippen LogP contribution in [0.3, 0.4) is 0 Å². The van der Waals surface area contributed by atoms with Gasteiger partial charge < -0.3 is 16.8 Å². The molecule has 0 saturated carbocycles. The first kappa shape index (κ1) is 10.9. The van der Waals surface area contributed by atoms with Gasteiger partial charge in [-0.2, -0.15) is 5.10 Å². The van der Waals surface area contributed by atoms with Crippen molar-refractivity contribution in [1.82, 2.24) is 14.8 Å². The third-order valence-corrected chi connectivity index (χ3v) is 2.13. The molecule has 0 radical (unpaired) electrons. The largest absolute Gasteiger partial charge is 0.397 e. The van der Waals surface area contributed by atoms with E-state index >= 15 is 0 Å². The van der Waals surface area contributed by atoms with Gasteiger partial charge in [-0.25, -0.2) is 4.98 Å². The zero-order valence-corrected chi connectivity index (χ0v) is 9.21. The Labute approximate surface area is 97.4 Å². The lowest BCUT2D eigenvalue weighted by molar-refractivity contribution is 0.100. The number of primary amides is 1. The van der Waals surface area contributed by atoms with Gasteiger partial charge in [0.05, 0.1) is 17.4 Å². The fraction of sp³-hybridized carbons (Fsp3) is 0.100. The number of carbonyl (C=O) groups excluding carboxylic acids is 1. The van der Waals surface area contributed by atoms with Crippen molar-refractivity contribution in [3.63, 3.8) is 0 Å². The van der Waals surface area contributed by atoms with Crippen molar-refractivity contribution >= 4 is 23.2 Å². The quantitative estimate of drug-likeness (QED) is 0.701. The molecule has 0 aliphatic carbocycles. The van der Waals surface area contributed by atoms with Crippen LogP contribution in [0.15, 0.2) is 24.5 Å². The van der Waals surface area contributed by atoms with E-state index in [1.807, 2.05) is 0 Å². The molecule has 0 aromatic carbocycles. The smallest absolute Gasteiger partial charge is 0.252 e. The zero-order chi connectivity index (χ0) is 12.4. The van der Waals surface area contributed by atoms with Gasteiger partial charge in [-0.05, 0) is 6.07 Å². The van der Waals surface area contributed by atoms with Crippen molar-refractivity contribution in [3.8, 4) is 0 Å². The van der Waals surface area contributed by atoms with Gasteiger partial charge in [0.15, 0.2) is 5.82 Å². The molecule has 5 N–H and O–H groups in total. The van der Waals surface area contributed by atoms with Crippen molar-refractivity contribution in [2.24, 2.45) is 12.8 Å². The van der Waals surface area contributed by atoms with E-state index in [1.54, 1.807) is 24.0 Å². The second-order valence-electron chi connectivity index (χ2n) is 3.53. The summed E-state index contributed by atoms with van der Waals surface area (Å²) in [5, 5.41) is 7.01. The molecule has 0 saturated heterocycles. The van der Waals surface area contributed by atoms with Crippen LogP contribution in [0.4, 0.5) is 17.3 Å². The van der Waals surface area contributed by atoms with E-state index in [0.717, 1.165) is 0 Å². The number of rotatable bonds is 3. The van der Waals surface area contributed by atoms with Gasteiger partial charge in [0.25, 0.3) is 5.91 Å². The van der Waals surface area contributed by atoms with Gasteiger partial charge in [-0.15, -0.1) is 0 Å². The number of nitrogens with zero attached hydrogens (tertiary/aromatic N) is 3. The van der Waals surface area contributed by atoms with Crippen molar-refractivity contribution < 1.29 is 4.79 Å². The number of pyridine rings is 1. The molecule has 1 amide bonds. The first-order chi connectivity index (χ1) is 8.06. The van der Waals surface area contributed by atoms with E-state index in [-0.39, 0.29) is 5.56 Å². The van der Waals surface area contributed by atoms with Crippen LogP contribution in [-0.2, 0) is 7.05 Å². The molecule has 0 spiro atoms. The molecule has 2 heterocycles. The Morgan fingerprint density at radius 1 is 1.53 bits per heavy atom. The first-order valence-corrected chi connectivity index (χ1v) is 4.88. The summed E-state index contributed by atoms with van der Waals surface area (Å²) in [4.78, 5) is 15.2. The maximum atomic E-state index is 11.2. The molecule has 0 unspecified atom stereocenters. The van der Waals surface area contributed by atoms with E-state index in [1.165, 1.54) is 12.3 Å². The Morgan fingerprint density at radius 3 is 2.88 bits per heavy atom. The highest BCUT2D eigenvalue weighted by Crippen LogP contribution is 2.18. The number of amides is 1. The number of anilines is 3. The van der Waals surface area contributed by atoms with Crippen molar-refractivity contribution in [3.05, 3.63) is 30.1 Å². The predicted molar refractivity (Wildman–Crippen MR) is 63.7 cm³/mol. The van der Waals surface area contributed by atoms with Crippen LogP contribution in [-0.4, -0.2) is 20.7 Å². The normalized spacial score (nSPS) is 10.2. The molecule has 0 aliphatic rings. The second-order valence-corrected chi connectivity index (χ2v) is 3.53. The molecule has 17 heavy (non-hydrogen) atoms. The van der Waals surface area contributed by atoms with Gasteiger partial charge in [0.2, 0.25) is 0 Å². The minimum Gasteiger partial charge on any atom is -0.397 e. The lowest BCUT2D eigenvalue weighted by atomic mass is 10.2. The number of hydrogen-bond donors (Lipinski definition) is 3. The lowest BCUT2D eigenvalue weighted by Crippen LogP contribution is -2.15. The van der Waals surface area contributed by atoms with Crippen LogP contribution >= 0.6 is 0 Å². The monoisotopic (exact) mass is 232 g/mol. The number of hydrogen-bond acceptors (Lipinski definition) is 5. The average molecular weight is 232 g/mol. The Kier molecular flexibility index (Phi) is 2.65. The maximum absolute atomic E-state index is 11.2. The minimum absolute atomic E-state index is 0.232. The Hall–Kier alpha value is -2.57. The van der Waals surface area contributed by atoms with Crippen LogP contribution in [0.25, 0.3) is 0 Å². The van der Waals surface area contributed by atoms with Crippen LogP contribution in [0.5, 0.6) is 0 Å². The third kappa shape index (κ3) is 2.33. The molecule has 2 rings (SSSR count). The molecular formula is C10H12N6O. The fourth-order valence-electron chi connectivity index (χ4n) is 1.37. The van der Waals surface area contributed by atoms with Gasteiger partial charge >= 0.3 is 0 Å². The van der Waals surface area contributed by atoms with Crippen LogP contribution < -0.4 is 16.8 Å². The summed E-state index contributed by atoms with van der Waals surface area (Å²) < 4.78 is 1.63. The summed E-state index contributed by atoms with van der Waals surface area (Å²) in [5.41, 5.74) is 11.4.